The first-order chi connectivity index (χ1) is 29.1. The van der Waals surface area contributed by atoms with Gasteiger partial charge in [-0.1, -0.05) is 143 Å². The van der Waals surface area contributed by atoms with Crippen molar-refractivity contribution >= 4 is 17.9 Å². The van der Waals surface area contributed by atoms with E-state index in [1.807, 2.05) is 21.1 Å². The van der Waals surface area contributed by atoms with Crippen molar-refractivity contribution in [2.24, 2.45) is 0 Å². The van der Waals surface area contributed by atoms with Gasteiger partial charge in [0.05, 0.1) is 40.3 Å². The average Bonchev–Trinajstić information content (AvgIpc) is 3.21. The Morgan fingerprint density at radius 1 is 0.517 bits per heavy atom. The summed E-state index contributed by atoms with van der Waals surface area (Å²) in [7, 11) is 5.88. The number of aliphatic carboxylic acids is 1. The van der Waals surface area contributed by atoms with E-state index in [9.17, 15) is 19.5 Å². The van der Waals surface area contributed by atoms with Crippen molar-refractivity contribution in [2.75, 3.05) is 47.5 Å². The molecule has 0 aromatic carbocycles. The molecule has 9 heteroatoms. The molecule has 2 atom stereocenters. The van der Waals surface area contributed by atoms with Crippen LogP contribution in [0, 0.1) is 0 Å². The highest BCUT2D eigenvalue weighted by Crippen LogP contribution is 2.11. The average molecular weight is 838 g/mol. The molecule has 0 saturated carbocycles. The third-order valence-electron chi connectivity index (χ3n) is 9.05. The second kappa shape index (κ2) is 41.9. The van der Waals surface area contributed by atoms with Gasteiger partial charge in [0.15, 0.2) is 12.4 Å². The highest BCUT2D eigenvalue weighted by atomic mass is 16.7. The lowest BCUT2D eigenvalue weighted by Gasteiger charge is -2.26. The first kappa shape index (κ1) is 56.2. The molecule has 340 valence electrons. The number of carbonyl (C=O) groups excluding carboxylic acids is 3. The lowest BCUT2D eigenvalue weighted by Crippen LogP contribution is -2.44. The predicted octanol–water partition coefficient (Wildman–Crippen LogP) is 10.9. The summed E-state index contributed by atoms with van der Waals surface area (Å²) in [4.78, 5) is 36.9. The summed E-state index contributed by atoms with van der Waals surface area (Å²) in [6.07, 6.45) is 51.6. The van der Waals surface area contributed by atoms with Gasteiger partial charge in [-0.2, -0.15) is 0 Å². The molecule has 2 unspecified atom stereocenters. The minimum absolute atomic E-state index is 0.134. The fourth-order valence-electron chi connectivity index (χ4n) is 5.51. The Balaban J connectivity index is 4.46. The van der Waals surface area contributed by atoms with Crippen LogP contribution in [0.5, 0.6) is 0 Å². The number of hydrogen-bond acceptors (Lipinski definition) is 8. The third kappa shape index (κ3) is 42.3. The van der Waals surface area contributed by atoms with Gasteiger partial charge in [-0.25, -0.2) is 0 Å². The first-order valence-corrected chi connectivity index (χ1v) is 22.9. The van der Waals surface area contributed by atoms with Crippen LogP contribution in [-0.4, -0.2) is 82.3 Å². The fraction of sp³-hybridized carbons (Fsp3) is 0.627. The summed E-state index contributed by atoms with van der Waals surface area (Å²) >= 11 is 0. The highest BCUT2D eigenvalue weighted by molar-refractivity contribution is 5.70. The van der Waals surface area contributed by atoms with E-state index in [0.29, 0.717) is 17.4 Å². The Labute approximate surface area is 365 Å². The topological polar surface area (TPSA) is 111 Å². The van der Waals surface area contributed by atoms with Crippen molar-refractivity contribution < 1.29 is 42.9 Å². The second-order valence-electron chi connectivity index (χ2n) is 16.0. The molecule has 0 aromatic rings. The normalized spacial score (nSPS) is 13.8. The molecule has 0 N–H and O–H groups in total. The van der Waals surface area contributed by atoms with Crippen molar-refractivity contribution in [3.05, 3.63) is 97.2 Å². The summed E-state index contributed by atoms with van der Waals surface area (Å²) in [5.74, 6) is -2.36. The van der Waals surface area contributed by atoms with Gasteiger partial charge in [-0.3, -0.25) is 9.59 Å². The summed E-state index contributed by atoms with van der Waals surface area (Å²) in [5.41, 5.74) is 0. The number of carboxylic acid groups (broad SMARTS) is 1. The molecule has 0 saturated heterocycles. The molecular weight excluding hydrogens is 755 g/mol. The molecule has 60 heavy (non-hydrogen) atoms. The predicted molar refractivity (Wildman–Crippen MR) is 246 cm³/mol. The van der Waals surface area contributed by atoms with Crippen LogP contribution >= 0.6 is 0 Å². The molecule has 0 heterocycles. The molecule has 0 aromatic heterocycles. The number of esters is 2. The van der Waals surface area contributed by atoms with Crippen molar-refractivity contribution in [1.29, 1.82) is 0 Å². The number of quaternary nitrogens is 1. The monoisotopic (exact) mass is 838 g/mol. The van der Waals surface area contributed by atoms with E-state index in [4.69, 9.17) is 18.9 Å². The van der Waals surface area contributed by atoms with Crippen LogP contribution in [0.4, 0.5) is 0 Å². The van der Waals surface area contributed by atoms with E-state index < -0.39 is 24.3 Å². The van der Waals surface area contributed by atoms with Crippen LogP contribution < -0.4 is 5.11 Å². The molecule has 0 aliphatic heterocycles. The Morgan fingerprint density at radius 3 is 1.45 bits per heavy atom. The summed E-state index contributed by atoms with van der Waals surface area (Å²) in [5, 5.41) is 11.7. The van der Waals surface area contributed by atoms with Gasteiger partial charge in [0.1, 0.15) is 13.2 Å². The molecular formula is C51H83NO8. The van der Waals surface area contributed by atoms with E-state index >= 15 is 0 Å². The van der Waals surface area contributed by atoms with Gasteiger partial charge in [-0.05, 0) is 89.9 Å². The van der Waals surface area contributed by atoms with Gasteiger partial charge >= 0.3 is 11.9 Å². The molecule has 0 bridgehead atoms. The van der Waals surface area contributed by atoms with E-state index in [2.05, 4.69) is 111 Å². The lowest BCUT2D eigenvalue weighted by molar-refractivity contribution is -0.870. The number of rotatable bonds is 40. The maximum atomic E-state index is 12.7. The number of allylic oxidation sites excluding steroid dienone is 16. The van der Waals surface area contributed by atoms with Gasteiger partial charge in [-0.15, -0.1) is 0 Å². The molecule has 0 spiro atoms. The van der Waals surface area contributed by atoms with Gasteiger partial charge in [0.2, 0.25) is 0 Å². The zero-order valence-corrected chi connectivity index (χ0v) is 38.3. The zero-order valence-electron chi connectivity index (χ0n) is 38.3. The molecule has 0 aliphatic rings. The number of ether oxygens (including phenoxy) is 4. The number of unbranched alkanes of at least 4 members (excludes halogenated alkanes) is 9. The van der Waals surface area contributed by atoms with E-state index in [-0.39, 0.29) is 38.6 Å². The molecule has 9 nitrogen and oxygen atoms in total. The SMILES string of the molecule is CC/C=C\C/C=C\C/C=C\C/C=C\C/C=C\C/C=C\C/C=C\CCCCCC(=O)OC(COC(=O)CCCCCCC/C=C\CCC)COC(OCC[N+](C)(C)C)C(=O)[O-]. The second-order valence-corrected chi connectivity index (χ2v) is 16.0. The Morgan fingerprint density at radius 2 is 0.950 bits per heavy atom. The van der Waals surface area contributed by atoms with Crippen LogP contribution in [0.2, 0.25) is 0 Å². The van der Waals surface area contributed by atoms with Crippen LogP contribution in [0.15, 0.2) is 97.2 Å². The number of likely N-dealkylation sites (N-methyl/N-ethyl adjacent to an activating group) is 1. The molecule has 0 amide bonds. The van der Waals surface area contributed by atoms with Crippen LogP contribution in [0.3, 0.4) is 0 Å². The summed E-state index contributed by atoms with van der Waals surface area (Å²) in [6, 6.07) is 0. The van der Waals surface area contributed by atoms with E-state index in [0.717, 1.165) is 109 Å². The third-order valence-corrected chi connectivity index (χ3v) is 9.05. The smallest absolute Gasteiger partial charge is 0.306 e. The molecule has 0 fully saturated rings. The first-order valence-electron chi connectivity index (χ1n) is 22.9. The van der Waals surface area contributed by atoms with Crippen LogP contribution in [0.1, 0.15) is 149 Å². The number of hydrogen-bond donors (Lipinski definition) is 0. The van der Waals surface area contributed by atoms with Crippen LogP contribution in [0.25, 0.3) is 0 Å². The Kier molecular flexibility index (Phi) is 39.3. The number of nitrogens with zero attached hydrogens (tertiary/aromatic N) is 1. The lowest BCUT2D eigenvalue weighted by atomic mass is 10.1. The van der Waals surface area contributed by atoms with Crippen molar-refractivity contribution in [3.8, 4) is 0 Å². The minimum Gasteiger partial charge on any atom is -0.545 e. The van der Waals surface area contributed by atoms with Crippen molar-refractivity contribution in [2.45, 2.75) is 161 Å². The molecule has 0 rings (SSSR count). The van der Waals surface area contributed by atoms with Crippen molar-refractivity contribution in [3.63, 3.8) is 0 Å². The highest BCUT2D eigenvalue weighted by Gasteiger charge is 2.21. The molecule has 0 aliphatic carbocycles. The van der Waals surface area contributed by atoms with Gasteiger partial charge in [0, 0.05) is 12.8 Å². The Hall–Kier alpha value is -3.79. The van der Waals surface area contributed by atoms with Crippen LogP contribution in [-0.2, 0) is 33.3 Å². The van der Waals surface area contributed by atoms with Gasteiger partial charge in [0.25, 0.3) is 0 Å². The van der Waals surface area contributed by atoms with Crippen molar-refractivity contribution in [1.82, 2.24) is 0 Å². The standard InChI is InChI=1S/C51H83NO8/c1-6-8-10-12-14-16-18-19-20-21-22-23-24-25-26-27-28-29-30-31-32-34-36-38-40-42-49(54)60-47(46-59-51(50(55)56)57-44-43-52(3,4)5)45-58-48(53)41-39-37-35-33-17-15-13-11-9-7-2/h8,10-11,13-14,16,19-20,22-23,25-26,28-29,31-32,47,51H,6-7,9,12,15,17-18,21,24,27,30,33-46H2,1-5H3/b10-8-,13-11-,16-14-,20-19-,23-22-,26-25-,29-28-,32-31-. The quantitative estimate of drug-likeness (QED) is 0.0197. The summed E-state index contributed by atoms with van der Waals surface area (Å²) < 4.78 is 22.4. The Bertz CT molecular complexity index is 1300. The zero-order chi connectivity index (χ0) is 44.2. The van der Waals surface area contributed by atoms with E-state index in [1.54, 1.807) is 0 Å². The fourth-order valence-corrected chi connectivity index (χ4v) is 5.51. The largest absolute Gasteiger partial charge is 0.545 e. The maximum absolute atomic E-state index is 12.7. The summed E-state index contributed by atoms with van der Waals surface area (Å²) in [6.45, 7) is 4.47. The molecule has 0 radical (unpaired) electrons. The van der Waals surface area contributed by atoms with Gasteiger partial charge < -0.3 is 33.3 Å². The number of carbonyl (C=O) groups is 3. The van der Waals surface area contributed by atoms with E-state index in [1.165, 1.54) is 6.42 Å². The number of carboxylic acids is 1. The maximum Gasteiger partial charge on any atom is 0.306 e. The minimum atomic E-state index is -1.64.